The first-order chi connectivity index (χ1) is 35.5. The summed E-state index contributed by atoms with van der Waals surface area (Å²) in [5, 5.41) is 0. The van der Waals surface area contributed by atoms with Crippen LogP contribution >= 0.6 is 0 Å². The fraction of sp³-hybridized carbons (Fsp3) is 0.924. The third-order valence-corrected chi connectivity index (χ3v) is 15.0. The van der Waals surface area contributed by atoms with Gasteiger partial charge in [-0.1, -0.05) is 328 Å². The summed E-state index contributed by atoms with van der Waals surface area (Å²) >= 11 is 0. The van der Waals surface area contributed by atoms with Gasteiger partial charge in [0.2, 0.25) is 0 Å². The number of rotatable bonds is 61. The molecule has 0 radical (unpaired) electrons. The molecule has 0 aromatic rings. The average molecular weight is 1020 g/mol. The minimum atomic E-state index is -0.768. The Kier molecular flexibility index (Phi) is 60.1. The second-order valence-electron chi connectivity index (χ2n) is 22.4. The highest BCUT2D eigenvalue weighted by atomic mass is 16.6. The lowest BCUT2D eigenvalue weighted by atomic mass is 10.0. The normalized spacial score (nSPS) is 12.0. The second-order valence-corrected chi connectivity index (χ2v) is 22.4. The van der Waals surface area contributed by atoms with Gasteiger partial charge in [0.1, 0.15) is 13.2 Å². The van der Waals surface area contributed by atoms with Crippen molar-refractivity contribution >= 4 is 17.9 Å². The van der Waals surface area contributed by atoms with Crippen molar-refractivity contribution in [1.29, 1.82) is 0 Å². The second kappa shape index (κ2) is 61.7. The molecule has 0 rings (SSSR count). The number of hydrogen-bond acceptors (Lipinski definition) is 6. The molecule has 72 heavy (non-hydrogen) atoms. The van der Waals surface area contributed by atoms with Crippen molar-refractivity contribution in [2.24, 2.45) is 0 Å². The van der Waals surface area contributed by atoms with Crippen LogP contribution in [0.4, 0.5) is 0 Å². The van der Waals surface area contributed by atoms with Gasteiger partial charge in [-0.2, -0.15) is 0 Å². The maximum atomic E-state index is 12.9. The van der Waals surface area contributed by atoms with Gasteiger partial charge in [0.05, 0.1) is 0 Å². The fourth-order valence-corrected chi connectivity index (χ4v) is 10.1. The number of ether oxygens (including phenoxy) is 3. The van der Waals surface area contributed by atoms with E-state index in [2.05, 4.69) is 32.9 Å². The summed E-state index contributed by atoms with van der Waals surface area (Å²) in [6, 6.07) is 0. The van der Waals surface area contributed by atoms with Gasteiger partial charge in [-0.25, -0.2) is 0 Å². The standard InChI is InChI=1S/C66H126O6/c1-4-7-10-13-16-19-22-24-26-28-30-32-34-35-37-39-41-44-47-50-53-56-59-65(68)71-62-63(61-70-64(67)58-55-52-49-46-43-21-18-15-12-9-6-3)72-66(69)60-57-54-51-48-45-42-40-38-36-33-31-29-27-25-23-20-17-14-11-8-5-2/h15,18,63H,4-14,16-17,19-62H2,1-3H3/b18-15-. The van der Waals surface area contributed by atoms with Gasteiger partial charge in [0, 0.05) is 19.3 Å². The van der Waals surface area contributed by atoms with Crippen LogP contribution in [0.15, 0.2) is 12.2 Å². The Bertz CT molecular complexity index is 1120. The quantitative estimate of drug-likeness (QED) is 0.0261. The van der Waals surface area contributed by atoms with Crippen molar-refractivity contribution in [3.8, 4) is 0 Å². The van der Waals surface area contributed by atoms with Gasteiger partial charge >= 0.3 is 17.9 Å². The van der Waals surface area contributed by atoms with Crippen LogP contribution in [0.1, 0.15) is 374 Å². The molecule has 0 aliphatic rings. The van der Waals surface area contributed by atoms with Crippen molar-refractivity contribution in [2.45, 2.75) is 380 Å². The van der Waals surface area contributed by atoms with Gasteiger partial charge in [0.15, 0.2) is 6.10 Å². The van der Waals surface area contributed by atoms with Crippen molar-refractivity contribution in [2.75, 3.05) is 13.2 Å². The Balaban J connectivity index is 4.19. The van der Waals surface area contributed by atoms with Crippen LogP contribution in [-0.2, 0) is 28.6 Å². The lowest BCUT2D eigenvalue weighted by Gasteiger charge is -2.18. The van der Waals surface area contributed by atoms with Crippen LogP contribution in [0, 0.1) is 0 Å². The van der Waals surface area contributed by atoms with E-state index in [0.29, 0.717) is 19.3 Å². The van der Waals surface area contributed by atoms with E-state index in [1.165, 1.54) is 270 Å². The summed E-state index contributed by atoms with van der Waals surface area (Å²) in [5.41, 5.74) is 0. The van der Waals surface area contributed by atoms with Gasteiger partial charge in [0.25, 0.3) is 0 Å². The van der Waals surface area contributed by atoms with Crippen LogP contribution in [0.25, 0.3) is 0 Å². The number of esters is 3. The first-order valence-corrected chi connectivity index (χ1v) is 32.7. The predicted octanol–water partition coefficient (Wildman–Crippen LogP) is 22.1. The molecule has 0 heterocycles. The summed E-state index contributed by atoms with van der Waals surface area (Å²) in [7, 11) is 0. The zero-order valence-electron chi connectivity index (χ0n) is 49.0. The zero-order chi connectivity index (χ0) is 52.2. The Labute approximate surface area is 450 Å². The molecule has 0 bridgehead atoms. The molecule has 0 amide bonds. The molecule has 0 saturated heterocycles. The van der Waals surface area contributed by atoms with E-state index in [1.54, 1.807) is 0 Å². The Hall–Kier alpha value is -1.85. The Morgan fingerprint density at radius 3 is 0.736 bits per heavy atom. The highest BCUT2D eigenvalue weighted by Gasteiger charge is 2.19. The molecular formula is C66H126O6. The molecule has 0 aliphatic heterocycles. The van der Waals surface area contributed by atoms with Crippen LogP contribution in [0.2, 0.25) is 0 Å². The molecule has 0 saturated carbocycles. The monoisotopic (exact) mass is 1010 g/mol. The Morgan fingerprint density at radius 1 is 0.264 bits per heavy atom. The molecular weight excluding hydrogens is 889 g/mol. The number of unbranched alkanes of at least 4 members (excludes halogenated alkanes) is 48. The van der Waals surface area contributed by atoms with Crippen molar-refractivity contribution in [3.63, 3.8) is 0 Å². The molecule has 0 fully saturated rings. The van der Waals surface area contributed by atoms with Crippen LogP contribution in [0.3, 0.4) is 0 Å². The first-order valence-electron chi connectivity index (χ1n) is 32.7. The average Bonchev–Trinajstić information content (AvgIpc) is 3.38. The third-order valence-electron chi connectivity index (χ3n) is 15.0. The molecule has 6 nitrogen and oxygen atoms in total. The SMILES string of the molecule is CCCC/C=C\CCCCCCCC(=O)OCC(COC(=O)CCCCCCCCCCCCCCCCCCCCCCCC)OC(=O)CCCCCCCCCCCCCCCCCCCCCCC. The van der Waals surface area contributed by atoms with Crippen LogP contribution in [0.5, 0.6) is 0 Å². The lowest BCUT2D eigenvalue weighted by Crippen LogP contribution is -2.30. The molecule has 0 N–H and O–H groups in total. The fourth-order valence-electron chi connectivity index (χ4n) is 10.1. The largest absolute Gasteiger partial charge is 0.462 e. The molecule has 0 aromatic heterocycles. The predicted molar refractivity (Wildman–Crippen MR) is 312 cm³/mol. The van der Waals surface area contributed by atoms with E-state index in [0.717, 1.165) is 64.2 Å². The molecule has 0 aromatic carbocycles. The molecule has 1 unspecified atom stereocenters. The number of hydrogen-bond donors (Lipinski definition) is 0. The molecule has 426 valence electrons. The minimum Gasteiger partial charge on any atom is -0.462 e. The summed E-state index contributed by atoms with van der Waals surface area (Å²) in [6.07, 6.45) is 72.3. The summed E-state index contributed by atoms with van der Waals surface area (Å²) in [4.78, 5) is 38.2. The van der Waals surface area contributed by atoms with Crippen LogP contribution < -0.4 is 0 Å². The summed E-state index contributed by atoms with van der Waals surface area (Å²) in [5.74, 6) is -0.846. The molecule has 6 heteroatoms. The summed E-state index contributed by atoms with van der Waals surface area (Å²) in [6.45, 7) is 6.68. The smallest absolute Gasteiger partial charge is 0.306 e. The number of allylic oxidation sites excluding steroid dienone is 2. The highest BCUT2D eigenvalue weighted by molar-refractivity contribution is 5.71. The van der Waals surface area contributed by atoms with E-state index < -0.39 is 6.10 Å². The van der Waals surface area contributed by atoms with Gasteiger partial charge in [-0.05, 0) is 38.5 Å². The van der Waals surface area contributed by atoms with Crippen molar-refractivity contribution in [1.82, 2.24) is 0 Å². The number of carbonyl (C=O) groups is 3. The van der Waals surface area contributed by atoms with E-state index >= 15 is 0 Å². The van der Waals surface area contributed by atoms with Gasteiger partial charge < -0.3 is 14.2 Å². The van der Waals surface area contributed by atoms with Crippen molar-refractivity contribution in [3.05, 3.63) is 12.2 Å². The van der Waals surface area contributed by atoms with E-state index in [-0.39, 0.29) is 31.1 Å². The third kappa shape index (κ3) is 59.0. The van der Waals surface area contributed by atoms with Gasteiger partial charge in [-0.3, -0.25) is 14.4 Å². The highest BCUT2D eigenvalue weighted by Crippen LogP contribution is 2.19. The minimum absolute atomic E-state index is 0.0661. The zero-order valence-corrected chi connectivity index (χ0v) is 49.0. The summed E-state index contributed by atoms with van der Waals surface area (Å²) < 4.78 is 16.9. The Morgan fingerprint density at radius 2 is 0.472 bits per heavy atom. The molecule has 1 atom stereocenters. The maximum absolute atomic E-state index is 12.9. The lowest BCUT2D eigenvalue weighted by molar-refractivity contribution is -0.167. The molecule has 0 spiro atoms. The topological polar surface area (TPSA) is 78.9 Å². The van der Waals surface area contributed by atoms with E-state index in [9.17, 15) is 14.4 Å². The molecule has 0 aliphatic carbocycles. The van der Waals surface area contributed by atoms with E-state index in [4.69, 9.17) is 14.2 Å². The van der Waals surface area contributed by atoms with E-state index in [1.807, 2.05) is 0 Å². The maximum Gasteiger partial charge on any atom is 0.306 e. The van der Waals surface area contributed by atoms with Gasteiger partial charge in [-0.15, -0.1) is 0 Å². The van der Waals surface area contributed by atoms with Crippen molar-refractivity contribution < 1.29 is 28.6 Å². The van der Waals surface area contributed by atoms with Crippen LogP contribution in [-0.4, -0.2) is 37.2 Å². The first kappa shape index (κ1) is 70.1. The number of carbonyl (C=O) groups excluding carboxylic acids is 3.